The largest absolute Gasteiger partial charge is 1.00 e. The monoisotopic (exact) mass is 1440 g/mol. The number of non-ortho nitro benzene ring substituents is 2. The quantitative estimate of drug-likeness (QED) is 0.0941. The molecule has 304 valence electrons. The average Bonchev–Trinajstić information content (AvgIpc) is 3.18. The summed E-state index contributed by atoms with van der Waals surface area (Å²) in [4.78, 5) is 37.6. The van der Waals surface area contributed by atoms with Gasteiger partial charge in [0, 0.05) is 175 Å². The number of aldehydes is 1. The predicted octanol–water partition coefficient (Wildman–Crippen LogP) is 1.79. The Kier molecular flexibility index (Phi) is 40.4. The minimum atomic E-state index is -0.296. The van der Waals surface area contributed by atoms with Crippen molar-refractivity contribution in [3.8, 4) is 0 Å². The molecule has 0 aromatic heterocycles. The van der Waals surface area contributed by atoms with Gasteiger partial charge in [-0.3, -0.25) is 30.7 Å². The normalized spacial score (nSPS) is 18.9. The molecule has 2 aromatic carbocycles. The molecule has 2 aromatic rings. The first-order valence-corrected chi connectivity index (χ1v) is 18.8. The third-order valence-electron chi connectivity index (χ3n) is 11.0. The first-order valence-electron chi connectivity index (χ1n) is 18.8. The third-order valence-corrected chi connectivity index (χ3v) is 11.0. The third kappa shape index (κ3) is 23.0. The Morgan fingerprint density at radius 2 is 1.19 bits per heavy atom. The smallest absolute Gasteiger partial charge is 0.715 e. The summed E-state index contributed by atoms with van der Waals surface area (Å²) < 4.78 is 0. The zero-order chi connectivity index (χ0) is 39.3. The molecule has 2 saturated heterocycles. The SMILES string of the molecule is CC=O.CCN(CC1CCN(C)CC1)C1CCc2ccc([N+](=O)[O-])cc2C1.CN1CCC(CNC2CCc3ccc([N+](=O)[O-])cc3C2)CC1.OO.[Ac].[Ac].[Ac].[B-]O.[Na+]. The van der Waals surface area contributed by atoms with Crippen molar-refractivity contribution in [2.45, 2.75) is 90.1 Å². The first kappa shape index (κ1) is 63.3. The van der Waals surface area contributed by atoms with Crippen LogP contribution in [0.2, 0.25) is 0 Å². The fraction of sp³-hybridized carbons (Fsp3) is 0.658. The topological polar surface area (TPSA) is 186 Å². The second kappa shape index (κ2) is 36.4. The molecule has 6 rings (SSSR count). The maximum absolute atomic E-state index is 11.0. The van der Waals surface area contributed by atoms with Gasteiger partial charge in [0.2, 0.25) is 0 Å². The maximum atomic E-state index is 11.0. The average molecular weight is 1440 g/mol. The van der Waals surface area contributed by atoms with Crippen LogP contribution in [0, 0.1) is 164 Å². The first-order chi connectivity index (χ1) is 25.6. The van der Waals surface area contributed by atoms with Crippen LogP contribution in [0.5, 0.6) is 0 Å². The second-order valence-corrected chi connectivity index (χ2v) is 14.5. The van der Waals surface area contributed by atoms with E-state index in [4.69, 9.17) is 20.3 Å². The van der Waals surface area contributed by atoms with Gasteiger partial charge >= 0.3 is 29.6 Å². The van der Waals surface area contributed by atoms with Gasteiger partial charge in [-0.05, 0) is 159 Å². The molecule has 2 unspecified atom stereocenters. The summed E-state index contributed by atoms with van der Waals surface area (Å²) in [5, 5.41) is 44.2. The van der Waals surface area contributed by atoms with Crippen LogP contribution >= 0.6 is 0 Å². The van der Waals surface area contributed by atoms with Gasteiger partial charge in [-0.1, -0.05) is 19.1 Å². The van der Waals surface area contributed by atoms with Crippen LogP contribution in [0.25, 0.3) is 0 Å². The second-order valence-electron chi connectivity index (χ2n) is 14.5. The number of hydrogen-bond acceptors (Lipinski definition) is 12. The summed E-state index contributed by atoms with van der Waals surface area (Å²) in [5.74, 6) is 1.58. The van der Waals surface area contributed by atoms with Crippen molar-refractivity contribution in [3.63, 3.8) is 0 Å². The summed E-state index contributed by atoms with van der Waals surface area (Å²) in [7, 11) is 7.90. The molecule has 4 aliphatic rings. The van der Waals surface area contributed by atoms with Crippen LogP contribution < -0.4 is 34.9 Å². The number of fused-ring (bicyclic) bond motifs is 2. The van der Waals surface area contributed by atoms with Crippen molar-refractivity contribution in [2.24, 2.45) is 11.8 Å². The Labute approximate surface area is 470 Å². The van der Waals surface area contributed by atoms with Gasteiger partial charge in [0.15, 0.2) is 0 Å². The summed E-state index contributed by atoms with van der Waals surface area (Å²) in [5.41, 5.74) is 5.36. The van der Waals surface area contributed by atoms with Gasteiger partial charge in [0.05, 0.1) is 9.85 Å². The molecular formula is C38H61Ac3BN6NaO8. The Balaban J connectivity index is -0.000000835. The molecule has 0 amide bonds. The van der Waals surface area contributed by atoms with E-state index in [2.05, 4.69) is 49.1 Å². The van der Waals surface area contributed by atoms with Crippen molar-refractivity contribution in [2.75, 3.05) is 59.9 Å². The van der Waals surface area contributed by atoms with Gasteiger partial charge < -0.3 is 37.9 Å². The minimum Gasteiger partial charge on any atom is -0.715 e. The number of nitro benzene ring substituents is 2. The van der Waals surface area contributed by atoms with E-state index >= 15 is 0 Å². The predicted molar refractivity (Wildman–Crippen MR) is 208 cm³/mol. The number of hydrogen-bond donors (Lipinski definition) is 4. The molecule has 2 heterocycles. The molecule has 0 bridgehead atoms. The molecule has 57 heavy (non-hydrogen) atoms. The van der Waals surface area contributed by atoms with Crippen molar-refractivity contribution in [1.82, 2.24) is 20.0 Å². The maximum Gasteiger partial charge on any atom is 1.00 e. The number of likely N-dealkylation sites (N-methyl/N-ethyl adjacent to an activating group) is 1. The number of piperidine rings is 2. The van der Waals surface area contributed by atoms with Crippen molar-refractivity contribution >= 4 is 25.7 Å². The molecule has 2 aliphatic heterocycles. The number of benzene rings is 2. The summed E-state index contributed by atoms with van der Waals surface area (Å²) >= 11 is 0. The molecule has 6 radical (unpaired) electrons. The number of nitrogens with zero attached hydrogens (tertiary/aromatic N) is 5. The van der Waals surface area contributed by atoms with Gasteiger partial charge in [0.1, 0.15) is 6.29 Å². The number of nitro groups is 2. The van der Waals surface area contributed by atoms with E-state index in [0.717, 1.165) is 68.9 Å². The standard InChI is InChI=1S/C19H29N3O2.C17H25N3O2.C2H4O.3Ac.BHO.Na.H2O2/c1-3-21(14-15-8-10-20(2)11-9-15)18-6-4-16-5-7-19(22(23)24)13-17(16)12-18;1-19-8-6-13(7-9-19)12-18-16-4-2-14-3-5-17(20(21)22)11-15(14)10-16;1-2-3;;;;1-2;;1-2/h5,7,13,15,18H,3-4,6,8-12,14H2,1-2H3;3,5,11,13,16,18H,2,4,6-10,12H2,1H3;2H,1H3;;;;2H;;1-2H/q;;;;;;-1;+1;. The van der Waals surface area contributed by atoms with Crippen LogP contribution in [0.15, 0.2) is 36.4 Å². The van der Waals surface area contributed by atoms with E-state index in [9.17, 15) is 20.2 Å². The number of rotatable bonds is 9. The number of carbonyl (C=O) groups excluding carboxylic acids is 1. The van der Waals surface area contributed by atoms with Crippen LogP contribution in [0.3, 0.4) is 0 Å². The van der Waals surface area contributed by atoms with E-state index in [1.54, 1.807) is 24.3 Å². The van der Waals surface area contributed by atoms with Crippen molar-refractivity contribution < 1.29 is 192 Å². The minimum absolute atomic E-state index is 0. The fourth-order valence-corrected chi connectivity index (χ4v) is 7.89. The zero-order valence-corrected chi connectivity index (χ0v) is 51.0. The molecule has 0 saturated carbocycles. The number of likely N-dealkylation sites (tertiary alicyclic amines) is 2. The molecular weight excluding hydrogens is 1380 g/mol. The number of carbonyl (C=O) groups is 1. The Morgan fingerprint density at radius 1 is 0.772 bits per heavy atom. The Hall–Kier alpha value is 2.02. The molecule has 2 aliphatic carbocycles. The molecule has 2 atom stereocenters. The van der Waals surface area contributed by atoms with Crippen molar-refractivity contribution in [1.29, 1.82) is 0 Å². The van der Waals surface area contributed by atoms with E-state index in [-0.39, 0.29) is 183 Å². The van der Waals surface area contributed by atoms with Crippen LogP contribution in [0.4, 0.5) is 11.4 Å². The summed E-state index contributed by atoms with van der Waals surface area (Å²) in [6, 6.07) is 11.7. The van der Waals surface area contributed by atoms with Gasteiger partial charge in [-0.25, -0.2) is 0 Å². The fourth-order valence-electron chi connectivity index (χ4n) is 7.89. The number of aryl methyl sites for hydroxylation is 2. The van der Waals surface area contributed by atoms with E-state index in [1.807, 2.05) is 12.1 Å². The molecule has 2 fully saturated rings. The Bertz CT molecular complexity index is 1410. The number of nitrogens with one attached hydrogen (secondary N) is 1. The van der Waals surface area contributed by atoms with E-state index < -0.39 is 0 Å². The van der Waals surface area contributed by atoms with Gasteiger partial charge in [0.25, 0.3) is 11.4 Å². The van der Waals surface area contributed by atoms with Gasteiger partial charge in [-0.15, -0.1) is 0 Å². The molecule has 14 nitrogen and oxygen atoms in total. The van der Waals surface area contributed by atoms with Crippen LogP contribution in [-0.4, -0.2) is 126 Å². The summed E-state index contributed by atoms with van der Waals surface area (Å²) in [6.45, 7) is 11.9. The summed E-state index contributed by atoms with van der Waals surface area (Å²) in [6.07, 6.45) is 12.1. The molecule has 4 N–H and O–H groups in total. The zero-order valence-electron chi connectivity index (χ0n) is 34.8. The van der Waals surface area contributed by atoms with Crippen molar-refractivity contribution in [3.05, 3.63) is 78.9 Å². The molecule has 0 spiro atoms. The van der Waals surface area contributed by atoms with E-state index in [1.165, 1.54) is 88.4 Å². The van der Waals surface area contributed by atoms with Crippen LogP contribution in [-0.2, 0) is 30.5 Å². The van der Waals surface area contributed by atoms with Gasteiger partial charge in [-0.2, -0.15) is 0 Å². The van der Waals surface area contributed by atoms with E-state index in [0.29, 0.717) is 12.1 Å². The van der Waals surface area contributed by atoms with Crippen LogP contribution in [0.1, 0.15) is 74.6 Å². The molecule has 19 heteroatoms. The Morgan fingerprint density at radius 3 is 1.63 bits per heavy atom.